The second kappa shape index (κ2) is 11.1. The Labute approximate surface area is 174 Å². The van der Waals surface area contributed by atoms with Crippen LogP contribution in [-0.2, 0) is 28.5 Å². The maximum absolute atomic E-state index is 12.5. The van der Waals surface area contributed by atoms with Gasteiger partial charge in [-0.1, -0.05) is 12.7 Å². The van der Waals surface area contributed by atoms with Crippen LogP contribution < -0.4 is 0 Å². The molecule has 0 N–H and O–H groups in total. The molecule has 2 fully saturated rings. The van der Waals surface area contributed by atoms with Gasteiger partial charge in [0, 0.05) is 13.1 Å². The summed E-state index contributed by atoms with van der Waals surface area (Å²) in [5, 5.41) is 0. The monoisotopic (exact) mass is 411 g/mol. The van der Waals surface area contributed by atoms with Crippen molar-refractivity contribution < 1.29 is 28.5 Å². The standard InChI is InChI=1S/C22H37NO6/c1-6-18(20(25)29-22(3,4)5)28-21(23-14-8-9-15-23)27-17-12-10-16(11-13-17)19(24)26-7-2/h6,16-18,21H,1,7-15H2,2-5H3/t16?,17?,18-,21-/m0/s1. The van der Waals surface area contributed by atoms with E-state index >= 15 is 0 Å². The number of hydrogen-bond acceptors (Lipinski definition) is 7. The van der Waals surface area contributed by atoms with Crippen LogP contribution in [0, 0.1) is 5.92 Å². The van der Waals surface area contributed by atoms with Crippen molar-refractivity contribution in [3.8, 4) is 0 Å². The zero-order valence-corrected chi connectivity index (χ0v) is 18.4. The molecule has 29 heavy (non-hydrogen) atoms. The largest absolute Gasteiger partial charge is 0.466 e. The Kier molecular flexibility index (Phi) is 9.11. The van der Waals surface area contributed by atoms with Gasteiger partial charge in [0.1, 0.15) is 5.60 Å². The number of rotatable bonds is 9. The van der Waals surface area contributed by atoms with E-state index in [1.807, 2.05) is 27.7 Å². The van der Waals surface area contributed by atoms with E-state index < -0.39 is 24.1 Å². The third kappa shape index (κ3) is 7.72. The molecule has 0 bridgehead atoms. The third-order valence-electron chi connectivity index (χ3n) is 5.16. The zero-order chi connectivity index (χ0) is 21.4. The molecule has 0 aromatic carbocycles. The molecule has 0 radical (unpaired) electrons. The highest BCUT2D eigenvalue weighted by atomic mass is 16.7. The summed E-state index contributed by atoms with van der Waals surface area (Å²) in [6.45, 7) is 13.2. The highest BCUT2D eigenvalue weighted by molar-refractivity contribution is 5.77. The van der Waals surface area contributed by atoms with E-state index in [9.17, 15) is 9.59 Å². The minimum Gasteiger partial charge on any atom is -0.466 e. The number of nitrogens with zero attached hydrogens (tertiary/aromatic N) is 1. The number of likely N-dealkylation sites (tertiary alicyclic amines) is 1. The van der Waals surface area contributed by atoms with E-state index in [2.05, 4.69) is 11.5 Å². The van der Waals surface area contributed by atoms with Gasteiger partial charge in [-0.25, -0.2) is 4.79 Å². The van der Waals surface area contributed by atoms with Crippen LogP contribution in [0.4, 0.5) is 0 Å². The first kappa shape index (κ1) is 23.8. The van der Waals surface area contributed by atoms with Crippen LogP contribution in [0.5, 0.6) is 0 Å². The minimum absolute atomic E-state index is 0.0182. The highest BCUT2D eigenvalue weighted by Crippen LogP contribution is 2.29. The number of esters is 2. The van der Waals surface area contributed by atoms with E-state index in [-0.39, 0.29) is 18.0 Å². The second-order valence-electron chi connectivity index (χ2n) is 8.74. The van der Waals surface area contributed by atoms with Gasteiger partial charge in [-0.2, -0.15) is 0 Å². The fraction of sp³-hybridized carbons (Fsp3) is 0.818. The maximum Gasteiger partial charge on any atom is 0.339 e. The predicted octanol–water partition coefficient (Wildman–Crippen LogP) is 3.42. The quantitative estimate of drug-likeness (QED) is 0.327. The fourth-order valence-corrected chi connectivity index (χ4v) is 3.71. The molecule has 2 rings (SSSR count). The third-order valence-corrected chi connectivity index (χ3v) is 5.16. The molecule has 0 unspecified atom stereocenters. The first-order valence-corrected chi connectivity index (χ1v) is 10.8. The number of ether oxygens (including phenoxy) is 4. The lowest BCUT2D eigenvalue weighted by Gasteiger charge is -2.35. The summed E-state index contributed by atoms with van der Waals surface area (Å²) in [4.78, 5) is 26.5. The topological polar surface area (TPSA) is 74.3 Å². The summed E-state index contributed by atoms with van der Waals surface area (Å²) >= 11 is 0. The molecule has 0 aromatic heterocycles. The van der Waals surface area contributed by atoms with Gasteiger partial charge in [-0.15, -0.1) is 0 Å². The van der Waals surface area contributed by atoms with Crippen molar-refractivity contribution in [1.29, 1.82) is 0 Å². The molecule has 7 heteroatoms. The van der Waals surface area contributed by atoms with E-state index in [4.69, 9.17) is 18.9 Å². The van der Waals surface area contributed by atoms with Crippen LogP contribution in [-0.4, -0.2) is 60.8 Å². The molecule has 1 heterocycles. The number of carbonyl (C=O) groups is 2. The van der Waals surface area contributed by atoms with Gasteiger partial charge in [-0.05, 0) is 66.2 Å². The maximum atomic E-state index is 12.5. The summed E-state index contributed by atoms with van der Waals surface area (Å²) in [6, 6.07) is 0. The molecule has 1 saturated carbocycles. The van der Waals surface area contributed by atoms with Crippen LogP contribution in [0.1, 0.15) is 66.2 Å². The SMILES string of the molecule is C=C[C@H](O[C@H](OC1CCC(C(=O)OCC)CC1)N1CCCC1)C(=O)OC(C)(C)C. The molecule has 0 aromatic rings. The van der Waals surface area contributed by atoms with Crippen LogP contribution in [0.15, 0.2) is 12.7 Å². The molecule has 1 aliphatic heterocycles. The van der Waals surface area contributed by atoms with Gasteiger partial charge in [-0.3, -0.25) is 9.69 Å². The average molecular weight is 412 g/mol. The minimum atomic E-state index is -0.893. The van der Waals surface area contributed by atoms with Crippen molar-refractivity contribution >= 4 is 11.9 Å². The van der Waals surface area contributed by atoms with E-state index in [0.717, 1.165) is 51.6 Å². The second-order valence-corrected chi connectivity index (χ2v) is 8.74. The highest BCUT2D eigenvalue weighted by Gasteiger charge is 2.34. The van der Waals surface area contributed by atoms with Crippen molar-refractivity contribution in [2.24, 2.45) is 5.92 Å². The average Bonchev–Trinajstić information content (AvgIpc) is 3.19. The fourth-order valence-electron chi connectivity index (χ4n) is 3.71. The molecular formula is C22H37NO6. The van der Waals surface area contributed by atoms with E-state index in [0.29, 0.717) is 6.61 Å². The molecule has 7 nitrogen and oxygen atoms in total. The molecule has 2 aliphatic rings. The molecule has 0 spiro atoms. The summed E-state index contributed by atoms with van der Waals surface area (Å²) in [7, 11) is 0. The van der Waals surface area contributed by atoms with Crippen LogP contribution in [0.3, 0.4) is 0 Å². The summed E-state index contributed by atoms with van der Waals surface area (Å²) < 4.78 is 22.9. The smallest absolute Gasteiger partial charge is 0.339 e. The first-order valence-electron chi connectivity index (χ1n) is 10.8. The Morgan fingerprint density at radius 1 is 1.14 bits per heavy atom. The van der Waals surface area contributed by atoms with Crippen molar-refractivity contribution in [1.82, 2.24) is 4.90 Å². The van der Waals surface area contributed by atoms with Crippen LogP contribution >= 0.6 is 0 Å². The predicted molar refractivity (Wildman–Crippen MR) is 109 cm³/mol. The Hall–Kier alpha value is -1.44. The summed E-state index contributed by atoms with van der Waals surface area (Å²) in [5.41, 5.74) is -0.600. The van der Waals surface area contributed by atoms with E-state index in [1.165, 1.54) is 6.08 Å². The van der Waals surface area contributed by atoms with Gasteiger partial charge in [0.15, 0.2) is 6.10 Å². The van der Waals surface area contributed by atoms with Gasteiger partial charge in [0.25, 0.3) is 0 Å². The molecule has 166 valence electrons. The lowest BCUT2D eigenvalue weighted by molar-refractivity contribution is -0.259. The number of carbonyl (C=O) groups excluding carboxylic acids is 2. The van der Waals surface area contributed by atoms with Gasteiger partial charge < -0.3 is 18.9 Å². The van der Waals surface area contributed by atoms with Crippen molar-refractivity contribution in [2.45, 2.75) is 90.4 Å². The van der Waals surface area contributed by atoms with E-state index in [1.54, 1.807) is 0 Å². The molecule has 1 aliphatic carbocycles. The zero-order valence-electron chi connectivity index (χ0n) is 18.4. The summed E-state index contributed by atoms with van der Waals surface area (Å²) in [6.07, 6.45) is 5.08. The lowest BCUT2D eigenvalue weighted by Crippen LogP contribution is -2.45. The Morgan fingerprint density at radius 2 is 1.76 bits per heavy atom. The van der Waals surface area contributed by atoms with Crippen LogP contribution in [0.2, 0.25) is 0 Å². The Morgan fingerprint density at radius 3 is 2.28 bits per heavy atom. The normalized spacial score (nSPS) is 25.2. The van der Waals surface area contributed by atoms with Crippen molar-refractivity contribution in [3.05, 3.63) is 12.7 Å². The van der Waals surface area contributed by atoms with Gasteiger partial charge >= 0.3 is 11.9 Å². The Bertz CT molecular complexity index is 544. The van der Waals surface area contributed by atoms with Crippen molar-refractivity contribution in [2.75, 3.05) is 19.7 Å². The van der Waals surface area contributed by atoms with Gasteiger partial charge in [0.2, 0.25) is 6.41 Å². The van der Waals surface area contributed by atoms with Gasteiger partial charge in [0.05, 0.1) is 18.6 Å². The van der Waals surface area contributed by atoms with Crippen molar-refractivity contribution in [3.63, 3.8) is 0 Å². The molecular weight excluding hydrogens is 374 g/mol. The molecule has 2 atom stereocenters. The Balaban J connectivity index is 1.95. The lowest BCUT2D eigenvalue weighted by atomic mass is 9.87. The molecule has 0 amide bonds. The first-order chi connectivity index (χ1) is 13.7. The summed E-state index contributed by atoms with van der Waals surface area (Å²) in [5.74, 6) is -0.634. The number of hydrogen-bond donors (Lipinski definition) is 0. The molecule has 1 saturated heterocycles. The van der Waals surface area contributed by atoms with Crippen LogP contribution in [0.25, 0.3) is 0 Å².